The molecule has 10 nitrogen and oxygen atoms in total. The molecule has 2 saturated heterocycles. The molecule has 10 heteroatoms. The maximum Gasteiger partial charge on any atom is 0.241 e. The van der Waals surface area contributed by atoms with Crippen LogP contribution in [-0.2, 0) is 19.2 Å². The van der Waals surface area contributed by atoms with Gasteiger partial charge in [0.15, 0.2) is 5.58 Å². The molecule has 2 aliphatic heterocycles. The summed E-state index contributed by atoms with van der Waals surface area (Å²) in [5, 5.41) is 9.25. The average Bonchev–Trinajstić information content (AvgIpc) is 3.78. The number of imide groups is 2. The van der Waals surface area contributed by atoms with E-state index in [-0.39, 0.29) is 43.3 Å². The van der Waals surface area contributed by atoms with E-state index >= 15 is 0 Å². The van der Waals surface area contributed by atoms with Crippen molar-refractivity contribution in [3.05, 3.63) is 120 Å². The van der Waals surface area contributed by atoms with E-state index < -0.39 is 35.0 Å². The van der Waals surface area contributed by atoms with Crippen molar-refractivity contribution in [2.75, 3.05) is 23.0 Å². The number of hydrogen-bond acceptors (Lipinski definition) is 8. The molecule has 0 spiro atoms. The third-order valence-electron chi connectivity index (χ3n) is 11.5. The minimum absolute atomic E-state index is 0.125. The number of carbonyl (C=O) groups excluding carboxylic acids is 4. The zero-order valence-electron chi connectivity index (χ0n) is 28.3. The summed E-state index contributed by atoms with van der Waals surface area (Å²) in [5.41, 5.74) is 3.68. The Labute approximate surface area is 299 Å². The van der Waals surface area contributed by atoms with Gasteiger partial charge in [0.1, 0.15) is 17.9 Å². The molecule has 2 aliphatic carbocycles. The first-order chi connectivity index (χ1) is 25.3. The number of hydrogen-bond donors (Lipinski definition) is 1. The number of fused-ring (bicyclic) bond motifs is 5. The van der Waals surface area contributed by atoms with Gasteiger partial charge in [0.05, 0.1) is 41.2 Å². The van der Waals surface area contributed by atoms with E-state index in [1.54, 1.807) is 60.7 Å². The predicted molar refractivity (Wildman–Crippen MR) is 192 cm³/mol. The Kier molecular flexibility index (Phi) is 7.48. The number of nitrogens with zero attached hydrogens (tertiary/aromatic N) is 3. The van der Waals surface area contributed by atoms with Crippen molar-refractivity contribution in [1.82, 2.24) is 4.98 Å². The van der Waals surface area contributed by atoms with E-state index in [2.05, 4.69) is 4.98 Å². The molecule has 6 atom stereocenters. The summed E-state index contributed by atoms with van der Waals surface area (Å²) >= 11 is 0. The van der Waals surface area contributed by atoms with E-state index in [1.807, 2.05) is 55.5 Å². The van der Waals surface area contributed by atoms with Crippen molar-refractivity contribution >= 4 is 46.1 Å². The maximum absolute atomic E-state index is 14.6. The molecule has 0 radical (unpaired) electrons. The number of ether oxygens (including phenoxy) is 1. The van der Waals surface area contributed by atoms with Crippen molar-refractivity contribution in [1.29, 1.82) is 0 Å². The quantitative estimate of drug-likeness (QED) is 0.155. The van der Waals surface area contributed by atoms with Crippen LogP contribution < -0.4 is 14.5 Å². The summed E-state index contributed by atoms with van der Waals surface area (Å²) in [6, 6.07) is 30.9. The lowest BCUT2D eigenvalue weighted by atomic mass is 9.51. The number of aliphatic hydroxyl groups is 1. The van der Waals surface area contributed by atoms with Crippen LogP contribution in [-0.4, -0.2) is 46.9 Å². The van der Waals surface area contributed by atoms with Gasteiger partial charge in [0.25, 0.3) is 0 Å². The van der Waals surface area contributed by atoms with E-state index in [0.717, 1.165) is 22.2 Å². The first-order valence-electron chi connectivity index (χ1n) is 17.6. The molecule has 3 heterocycles. The zero-order chi connectivity index (χ0) is 35.7. The van der Waals surface area contributed by atoms with E-state index in [1.165, 1.54) is 9.80 Å². The molecule has 1 aromatic heterocycles. The van der Waals surface area contributed by atoms with Gasteiger partial charge in [-0.25, -0.2) is 9.88 Å². The number of oxazole rings is 1. The predicted octanol–water partition coefficient (Wildman–Crippen LogP) is 6.30. The third kappa shape index (κ3) is 4.70. The number of carbonyl (C=O) groups is 4. The van der Waals surface area contributed by atoms with Gasteiger partial charge in [-0.3, -0.25) is 24.1 Å². The SMILES string of the molecule is CC12C(=O)N(c3ccccc3)C(=O)C1CC1C(=CCC3C(=O)N(c4ccc(-c5nc6ccccc6o5)cc4)C(=O)C31)C2c1ccc(OCCO)cc1. The fraction of sp³-hybridized carbons (Fsp3) is 0.262. The lowest BCUT2D eigenvalue weighted by Gasteiger charge is -2.49. The van der Waals surface area contributed by atoms with Gasteiger partial charge in [-0.05, 0) is 91.9 Å². The summed E-state index contributed by atoms with van der Waals surface area (Å²) in [6.45, 7) is 1.89. The number of para-hydroxylation sites is 3. The minimum Gasteiger partial charge on any atom is -0.491 e. The third-order valence-corrected chi connectivity index (χ3v) is 11.5. The summed E-state index contributed by atoms with van der Waals surface area (Å²) in [7, 11) is 0. The van der Waals surface area contributed by atoms with E-state index in [9.17, 15) is 24.3 Å². The van der Waals surface area contributed by atoms with Gasteiger partial charge < -0.3 is 14.3 Å². The van der Waals surface area contributed by atoms with Crippen LogP contribution in [0.15, 0.2) is 119 Å². The van der Waals surface area contributed by atoms with Crippen molar-refractivity contribution in [2.24, 2.45) is 29.1 Å². The normalized spacial score (nSPS) is 26.7. The smallest absolute Gasteiger partial charge is 0.241 e. The Morgan fingerprint density at radius 2 is 1.52 bits per heavy atom. The number of benzene rings is 4. The van der Waals surface area contributed by atoms with Gasteiger partial charge in [0.2, 0.25) is 29.5 Å². The molecule has 1 N–H and O–H groups in total. The van der Waals surface area contributed by atoms with Gasteiger partial charge in [0, 0.05) is 11.5 Å². The highest BCUT2D eigenvalue weighted by molar-refractivity contribution is 6.25. The number of amides is 4. The Morgan fingerprint density at radius 3 is 2.25 bits per heavy atom. The fourth-order valence-corrected chi connectivity index (χ4v) is 9.14. The lowest BCUT2D eigenvalue weighted by molar-refractivity contribution is -0.131. The van der Waals surface area contributed by atoms with Gasteiger partial charge >= 0.3 is 0 Å². The highest BCUT2D eigenvalue weighted by Crippen LogP contribution is 2.63. The average molecular weight is 694 g/mol. The molecule has 5 aromatic rings. The first kappa shape index (κ1) is 32.1. The van der Waals surface area contributed by atoms with E-state index in [0.29, 0.717) is 35.0 Å². The summed E-state index contributed by atoms with van der Waals surface area (Å²) < 4.78 is 11.5. The molecule has 260 valence electrons. The Balaban J connectivity index is 1.08. The van der Waals surface area contributed by atoms with Crippen LogP contribution in [0.4, 0.5) is 11.4 Å². The number of allylic oxidation sites excluding steroid dienone is 2. The molecule has 6 unspecified atom stereocenters. The molecule has 0 bridgehead atoms. The summed E-state index contributed by atoms with van der Waals surface area (Å²) in [6.07, 6.45) is 2.66. The van der Waals surface area contributed by atoms with Gasteiger partial charge in [-0.1, -0.05) is 54.1 Å². The summed E-state index contributed by atoms with van der Waals surface area (Å²) in [5.74, 6) is -3.08. The summed E-state index contributed by atoms with van der Waals surface area (Å²) in [4.78, 5) is 64.7. The van der Waals surface area contributed by atoms with Crippen molar-refractivity contribution < 1.29 is 33.4 Å². The Morgan fingerprint density at radius 1 is 0.808 bits per heavy atom. The number of rotatable bonds is 7. The second kappa shape index (κ2) is 12.1. The molecule has 52 heavy (non-hydrogen) atoms. The molecule has 4 aliphatic rings. The molecule has 3 fully saturated rings. The van der Waals surface area contributed by atoms with Crippen LogP contribution in [0.25, 0.3) is 22.6 Å². The number of aromatic nitrogens is 1. The number of aliphatic hydroxyl groups excluding tert-OH is 1. The minimum atomic E-state index is -1.14. The van der Waals surface area contributed by atoms with Crippen molar-refractivity contribution in [3.63, 3.8) is 0 Å². The maximum atomic E-state index is 14.6. The topological polar surface area (TPSA) is 130 Å². The van der Waals surface area contributed by atoms with Crippen molar-refractivity contribution in [3.8, 4) is 17.2 Å². The Bertz CT molecular complexity index is 2250. The zero-order valence-corrected chi connectivity index (χ0v) is 28.3. The van der Waals surface area contributed by atoms with Crippen LogP contribution in [0.2, 0.25) is 0 Å². The standard InChI is InChI=1S/C42H35N3O7/c1-42-32(39(48)45(41(42)50)26-7-3-2-4-8-26)23-31-29(36(42)24-13-17-28(18-14-24)51-22-21-46)19-20-30-35(31)40(49)44(38(30)47)27-15-11-25(12-16-27)37-43-33-9-5-6-10-34(33)52-37/h2-19,30-32,35-36,46H,20-23H2,1H3. The Hall–Kier alpha value is -5.87. The molecule has 4 amide bonds. The monoisotopic (exact) mass is 693 g/mol. The van der Waals surface area contributed by atoms with Crippen LogP contribution >= 0.6 is 0 Å². The highest BCUT2D eigenvalue weighted by Gasteiger charge is 2.67. The second-order valence-corrected chi connectivity index (χ2v) is 14.2. The molecule has 1 saturated carbocycles. The fourth-order valence-electron chi connectivity index (χ4n) is 9.14. The van der Waals surface area contributed by atoms with Crippen LogP contribution in [0.1, 0.15) is 31.2 Å². The van der Waals surface area contributed by atoms with Crippen LogP contribution in [0.5, 0.6) is 5.75 Å². The molecule has 9 rings (SSSR count). The van der Waals surface area contributed by atoms with Gasteiger partial charge in [-0.2, -0.15) is 0 Å². The van der Waals surface area contributed by atoms with Crippen LogP contribution in [0, 0.1) is 29.1 Å². The lowest BCUT2D eigenvalue weighted by Crippen LogP contribution is -2.48. The molecular formula is C42H35N3O7. The van der Waals surface area contributed by atoms with Crippen LogP contribution in [0.3, 0.4) is 0 Å². The number of anilines is 2. The highest BCUT2D eigenvalue weighted by atomic mass is 16.5. The largest absolute Gasteiger partial charge is 0.491 e. The molecule has 4 aromatic carbocycles. The second-order valence-electron chi connectivity index (χ2n) is 14.2. The van der Waals surface area contributed by atoms with Crippen molar-refractivity contribution in [2.45, 2.75) is 25.7 Å². The van der Waals surface area contributed by atoms with E-state index in [4.69, 9.17) is 9.15 Å². The first-order valence-corrected chi connectivity index (χ1v) is 17.6. The molecular weight excluding hydrogens is 658 g/mol. The van der Waals surface area contributed by atoms with Gasteiger partial charge in [-0.15, -0.1) is 0 Å².